The molecule has 1 saturated carbocycles. The zero-order valence-electron chi connectivity index (χ0n) is 8.41. The molecule has 13 heavy (non-hydrogen) atoms. The van der Waals surface area contributed by atoms with E-state index in [-0.39, 0.29) is 12.4 Å². The first kappa shape index (κ1) is 11.3. The van der Waals surface area contributed by atoms with E-state index in [1.54, 1.807) is 0 Å². The predicted octanol–water partition coefficient (Wildman–Crippen LogP) is 1.63. The molecule has 1 saturated heterocycles. The van der Waals surface area contributed by atoms with E-state index in [0.29, 0.717) is 6.04 Å². The molecule has 2 aliphatic rings. The predicted molar refractivity (Wildman–Crippen MR) is 58.2 cm³/mol. The van der Waals surface area contributed by atoms with Crippen molar-refractivity contribution in [3.8, 4) is 0 Å². The van der Waals surface area contributed by atoms with E-state index in [2.05, 4.69) is 11.8 Å². The lowest BCUT2D eigenvalue weighted by molar-refractivity contribution is 0.237. The van der Waals surface area contributed by atoms with Crippen LogP contribution in [0.3, 0.4) is 0 Å². The van der Waals surface area contributed by atoms with Crippen LogP contribution in [-0.2, 0) is 0 Å². The maximum Gasteiger partial charge on any atom is 0.0180 e. The fourth-order valence-corrected chi connectivity index (χ4v) is 2.20. The molecule has 0 aromatic rings. The Kier molecular flexibility index (Phi) is 4.02. The van der Waals surface area contributed by atoms with Gasteiger partial charge in [0.05, 0.1) is 0 Å². The summed E-state index contributed by atoms with van der Waals surface area (Å²) in [7, 11) is 0. The van der Waals surface area contributed by atoms with Gasteiger partial charge >= 0.3 is 0 Å². The Morgan fingerprint density at radius 1 is 1.38 bits per heavy atom. The first-order valence-electron chi connectivity index (χ1n) is 5.25. The van der Waals surface area contributed by atoms with Crippen LogP contribution < -0.4 is 5.73 Å². The summed E-state index contributed by atoms with van der Waals surface area (Å²) in [6, 6.07) is 1.23. The molecule has 78 valence electrons. The van der Waals surface area contributed by atoms with Gasteiger partial charge < -0.3 is 5.73 Å². The molecule has 2 nitrogen and oxygen atoms in total. The van der Waals surface area contributed by atoms with E-state index in [1.165, 1.54) is 32.2 Å². The lowest BCUT2D eigenvalue weighted by atomic mass is 10.1. The van der Waals surface area contributed by atoms with E-state index >= 15 is 0 Å². The van der Waals surface area contributed by atoms with Gasteiger partial charge in [-0.3, -0.25) is 4.90 Å². The monoisotopic (exact) mass is 204 g/mol. The summed E-state index contributed by atoms with van der Waals surface area (Å²) >= 11 is 0. The van der Waals surface area contributed by atoms with Gasteiger partial charge in [-0.25, -0.2) is 0 Å². The zero-order chi connectivity index (χ0) is 8.55. The third-order valence-corrected chi connectivity index (χ3v) is 3.25. The second kappa shape index (κ2) is 4.63. The molecule has 1 aliphatic heterocycles. The molecule has 2 N–H and O–H groups in total. The van der Waals surface area contributed by atoms with Crippen LogP contribution in [0, 0.1) is 5.92 Å². The minimum Gasteiger partial charge on any atom is -0.326 e. The fraction of sp³-hybridized carbons (Fsp3) is 1.00. The topological polar surface area (TPSA) is 29.3 Å². The summed E-state index contributed by atoms with van der Waals surface area (Å²) in [4.78, 5) is 2.56. The summed E-state index contributed by atoms with van der Waals surface area (Å²) in [6.45, 7) is 4.72. The molecule has 3 heteroatoms. The number of halogens is 1. The third kappa shape index (κ3) is 3.12. The van der Waals surface area contributed by atoms with E-state index in [9.17, 15) is 0 Å². The molecule has 2 fully saturated rings. The average Bonchev–Trinajstić information content (AvgIpc) is 2.72. The molecule has 0 amide bonds. The number of likely N-dealkylation sites (tertiary alicyclic amines) is 1. The van der Waals surface area contributed by atoms with Gasteiger partial charge in [-0.1, -0.05) is 12.8 Å². The smallest absolute Gasteiger partial charge is 0.0180 e. The second-order valence-corrected chi connectivity index (χ2v) is 4.57. The molecule has 0 radical (unpaired) electrons. The molecule has 1 heterocycles. The van der Waals surface area contributed by atoms with Crippen LogP contribution in [0.5, 0.6) is 0 Å². The van der Waals surface area contributed by atoms with Gasteiger partial charge in [-0.2, -0.15) is 0 Å². The normalized spacial score (nSPS) is 31.4. The van der Waals surface area contributed by atoms with Crippen LogP contribution in [0.15, 0.2) is 0 Å². The largest absolute Gasteiger partial charge is 0.326 e. The van der Waals surface area contributed by atoms with Crippen molar-refractivity contribution in [2.24, 2.45) is 11.7 Å². The van der Waals surface area contributed by atoms with Crippen molar-refractivity contribution in [1.29, 1.82) is 0 Å². The Bertz CT molecular complexity index is 159. The van der Waals surface area contributed by atoms with Crippen molar-refractivity contribution < 1.29 is 0 Å². The summed E-state index contributed by atoms with van der Waals surface area (Å²) in [5, 5.41) is 0. The SMILES string of the molecule is CC(CC1CC1)N1CC[C@@H](N)C1.Cl. The Hall–Kier alpha value is 0.210. The van der Waals surface area contributed by atoms with E-state index in [1.807, 2.05) is 0 Å². The summed E-state index contributed by atoms with van der Waals surface area (Å²) < 4.78 is 0. The van der Waals surface area contributed by atoms with Crippen molar-refractivity contribution in [2.45, 2.75) is 44.7 Å². The van der Waals surface area contributed by atoms with Crippen molar-refractivity contribution in [3.63, 3.8) is 0 Å². The highest BCUT2D eigenvalue weighted by atomic mass is 35.5. The number of rotatable bonds is 3. The van der Waals surface area contributed by atoms with E-state index in [4.69, 9.17) is 5.73 Å². The van der Waals surface area contributed by atoms with Gasteiger partial charge in [0.15, 0.2) is 0 Å². The maximum absolute atomic E-state index is 5.87. The van der Waals surface area contributed by atoms with E-state index < -0.39 is 0 Å². The minimum absolute atomic E-state index is 0. The van der Waals surface area contributed by atoms with Gasteiger partial charge in [0.25, 0.3) is 0 Å². The maximum atomic E-state index is 5.87. The quantitative estimate of drug-likeness (QED) is 0.758. The van der Waals surface area contributed by atoms with Crippen LogP contribution in [0.1, 0.15) is 32.6 Å². The molecular weight excluding hydrogens is 184 g/mol. The standard InChI is InChI=1S/C10H20N2.ClH/c1-8(6-9-2-3-9)12-5-4-10(11)7-12;/h8-10H,2-7,11H2,1H3;1H/t8?,10-;/m1./s1. The molecule has 2 atom stereocenters. The number of hydrogen-bond acceptors (Lipinski definition) is 2. The van der Waals surface area contributed by atoms with Crippen molar-refractivity contribution in [3.05, 3.63) is 0 Å². The first-order chi connectivity index (χ1) is 5.75. The highest BCUT2D eigenvalue weighted by Gasteiger charge is 2.29. The van der Waals surface area contributed by atoms with Gasteiger partial charge in [0.1, 0.15) is 0 Å². The van der Waals surface area contributed by atoms with Crippen LogP contribution in [0.25, 0.3) is 0 Å². The minimum atomic E-state index is 0. The van der Waals surface area contributed by atoms with Gasteiger partial charge in [0.2, 0.25) is 0 Å². The molecule has 1 aliphatic carbocycles. The highest BCUT2D eigenvalue weighted by Crippen LogP contribution is 2.35. The Balaban J connectivity index is 0.000000845. The molecule has 0 spiro atoms. The van der Waals surface area contributed by atoms with Crippen LogP contribution in [-0.4, -0.2) is 30.1 Å². The summed E-state index contributed by atoms with van der Waals surface area (Å²) in [5.41, 5.74) is 5.87. The fourth-order valence-electron chi connectivity index (χ4n) is 2.20. The summed E-state index contributed by atoms with van der Waals surface area (Å²) in [6.07, 6.45) is 5.57. The van der Waals surface area contributed by atoms with Crippen LogP contribution in [0.2, 0.25) is 0 Å². The molecule has 1 unspecified atom stereocenters. The molecule has 2 rings (SSSR count). The second-order valence-electron chi connectivity index (χ2n) is 4.57. The van der Waals surface area contributed by atoms with Gasteiger partial charge in [-0.15, -0.1) is 12.4 Å². The third-order valence-electron chi connectivity index (χ3n) is 3.25. The summed E-state index contributed by atoms with van der Waals surface area (Å²) in [5.74, 6) is 1.05. The van der Waals surface area contributed by atoms with Crippen LogP contribution >= 0.6 is 12.4 Å². The van der Waals surface area contributed by atoms with E-state index in [0.717, 1.165) is 18.5 Å². The number of nitrogens with two attached hydrogens (primary N) is 1. The number of hydrogen-bond donors (Lipinski definition) is 1. The number of nitrogens with zero attached hydrogens (tertiary/aromatic N) is 1. The first-order valence-corrected chi connectivity index (χ1v) is 5.25. The lowest BCUT2D eigenvalue weighted by Crippen LogP contribution is -2.33. The van der Waals surface area contributed by atoms with Gasteiger partial charge in [0, 0.05) is 18.6 Å². The molecular formula is C10H21ClN2. The lowest BCUT2D eigenvalue weighted by Gasteiger charge is -2.23. The van der Waals surface area contributed by atoms with Crippen molar-refractivity contribution in [2.75, 3.05) is 13.1 Å². The molecule has 0 bridgehead atoms. The Labute approximate surface area is 87.3 Å². The molecule has 0 aromatic carbocycles. The van der Waals surface area contributed by atoms with Crippen molar-refractivity contribution >= 4 is 12.4 Å². The van der Waals surface area contributed by atoms with Crippen molar-refractivity contribution in [1.82, 2.24) is 4.90 Å². The highest BCUT2D eigenvalue weighted by molar-refractivity contribution is 5.85. The zero-order valence-corrected chi connectivity index (χ0v) is 9.22. The average molecular weight is 205 g/mol. The van der Waals surface area contributed by atoms with Gasteiger partial charge in [-0.05, 0) is 32.2 Å². The van der Waals surface area contributed by atoms with Crippen LogP contribution in [0.4, 0.5) is 0 Å². The Morgan fingerprint density at radius 2 is 2.08 bits per heavy atom. The Morgan fingerprint density at radius 3 is 2.54 bits per heavy atom. The molecule has 0 aromatic heterocycles.